The molecule has 2 N–H and O–H groups in total. The first kappa shape index (κ1) is 26.3. The van der Waals surface area contributed by atoms with E-state index in [1.54, 1.807) is 6.07 Å². The van der Waals surface area contributed by atoms with E-state index in [1.165, 1.54) is 6.07 Å². The molecule has 40 heavy (non-hydrogen) atoms. The Bertz CT molecular complexity index is 1680. The first-order valence-electron chi connectivity index (χ1n) is 13.7. The molecule has 0 unspecified atom stereocenters. The normalized spacial score (nSPS) is 15.1. The minimum absolute atomic E-state index is 0.000568. The molecule has 4 aromatic heterocycles. The highest BCUT2D eigenvalue weighted by molar-refractivity contribution is 5.93. The van der Waals surface area contributed by atoms with Gasteiger partial charge >= 0.3 is 0 Å². The summed E-state index contributed by atoms with van der Waals surface area (Å²) in [6, 6.07) is 5.01. The molecule has 1 fully saturated rings. The zero-order valence-electron chi connectivity index (χ0n) is 23.2. The SMILES string of the molecule is CCN1CCN(Cc2cnc(Nc3ncc(F)c(-c4cc(F)c5nc(C)n(C(C)C)c5c4)n3)c3cc[nH]c23)CC1. The van der Waals surface area contributed by atoms with E-state index < -0.39 is 11.6 Å². The van der Waals surface area contributed by atoms with Gasteiger partial charge < -0.3 is 19.8 Å². The third-order valence-corrected chi connectivity index (χ3v) is 7.67. The number of imidazole rings is 1. The number of anilines is 2. The minimum atomic E-state index is -0.644. The number of piperazine rings is 1. The van der Waals surface area contributed by atoms with Gasteiger partial charge in [0.2, 0.25) is 5.95 Å². The minimum Gasteiger partial charge on any atom is -0.361 e. The van der Waals surface area contributed by atoms with E-state index in [0.717, 1.165) is 61.9 Å². The molecule has 208 valence electrons. The quantitative estimate of drug-likeness (QED) is 0.282. The fourth-order valence-corrected chi connectivity index (χ4v) is 5.63. The number of fused-ring (bicyclic) bond motifs is 2. The van der Waals surface area contributed by atoms with Crippen LogP contribution in [-0.4, -0.2) is 72.0 Å². The molecule has 9 nitrogen and oxygen atoms in total. The van der Waals surface area contributed by atoms with Crippen LogP contribution in [0.2, 0.25) is 0 Å². The summed E-state index contributed by atoms with van der Waals surface area (Å²) < 4.78 is 32.0. The van der Waals surface area contributed by atoms with E-state index in [9.17, 15) is 4.39 Å². The van der Waals surface area contributed by atoms with Crippen molar-refractivity contribution < 1.29 is 8.78 Å². The summed E-state index contributed by atoms with van der Waals surface area (Å²) in [6.07, 6.45) is 4.83. The third kappa shape index (κ3) is 4.79. The van der Waals surface area contributed by atoms with E-state index in [-0.39, 0.29) is 23.2 Å². The van der Waals surface area contributed by atoms with Crippen molar-refractivity contribution in [2.45, 2.75) is 40.3 Å². The molecule has 5 aromatic rings. The molecule has 0 amide bonds. The molecule has 11 heteroatoms. The Balaban J connectivity index is 1.30. The molecule has 5 heterocycles. The predicted octanol–water partition coefficient (Wildman–Crippen LogP) is 5.42. The zero-order chi connectivity index (χ0) is 28.0. The van der Waals surface area contributed by atoms with Gasteiger partial charge in [0.25, 0.3) is 0 Å². The van der Waals surface area contributed by atoms with Crippen LogP contribution in [0.4, 0.5) is 20.5 Å². The van der Waals surface area contributed by atoms with Gasteiger partial charge in [-0.1, -0.05) is 6.92 Å². The van der Waals surface area contributed by atoms with Gasteiger partial charge in [-0.05, 0) is 45.5 Å². The summed E-state index contributed by atoms with van der Waals surface area (Å²) in [6.45, 7) is 14.1. The number of aromatic nitrogens is 6. The first-order valence-corrected chi connectivity index (χ1v) is 13.7. The number of nitrogens with one attached hydrogen (secondary N) is 2. The van der Waals surface area contributed by atoms with Crippen LogP contribution >= 0.6 is 0 Å². The van der Waals surface area contributed by atoms with E-state index in [1.807, 2.05) is 43.8 Å². The molecule has 0 aliphatic carbocycles. The number of likely N-dealkylation sites (N-methyl/N-ethyl adjacent to an activating group) is 1. The summed E-state index contributed by atoms with van der Waals surface area (Å²) >= 11 is 0. The number of hydrogen-bond donors (Lipinski definition) is 2. The number of benzene rings is 1. The number of nitrogens with zero attached hydrogens (tertiary/aromatic N) is 7. The maximum Gasteiger partial charge on any atom is 0.229 e. The van der Waals surface area contributed by atoms with E-state index in [2.05, 4.69) is 47.0 Å². The fourth-order valence-electron chi connectivity index (χ4n) is 5.63. The second kappa shape index (κ2) is 10.5. The lowest BCUT2D eigenvalue weighted by Crippen LogP contribution is -2.45. The van der Waals surface area contributed by atoms with Crippen LogP contribution < -0.4 is 5.32 Å². The lowest BCUT2D eigenvalue weighted by molar-refractivity contribution is 0.132. The lowest BCUT2D eigenvalue weighted by atomic mass is 10.1. The molecule has 1 aromatic carbocycles. The molecule has 0 radical (unpaired) electrons. The van der Waals surface area contributed by atoms with Crippen molar-refractivity contribution in [2.24, 2.45) is 0 Å². The Morgan fingerprint density at radius 1 is 1.00 bits per heavy atom. The third-order valence-electron chi connectivity index (χ3n) is 7.67. The zero-order valence-corrected chi connectivity index (χ0v) is 23.2. The van der Waals surface area contributed by atoms with Crippen molar-refractivity contribution in [2.75, 3.05) is 38.0 Å². The van der Waals surface area contributed by atoms with E-state index >= 15 is 4.39 Å². The lowest BCUT2D eigenvalue weighted by Gasteiger charge is -2.34. The topological polar surface area (TPSA) is 90.8 Å². The molecule has 1 saturated heterocycles. The highest BCUT2D eigenvalue weighted by Gasteiger charge is 2.20. The standard InChI is InChI=1S/C29H33F2N9/c1-5-38-8-10-39(11-9-38)16-20-14-33-28(21-6-7-32-25(20)21)37-29-34-15-23(31)26(36-29)19-12-22(30)27-24(13-19)40(17(2)3)18(4)35-27/h6-7,12-15,17,32H,5,8-11,16H2,1-4H3,(H,33,34,36,37). The van der Waals surface area contributed by atoms with Crippen molar-refractivity contribution >= 4 is 33.7 Å². The van der Waals surface area contributed by atoms with Gasteiger partial charge in [-0.2, -0.15) is 0 Å². The summed E-state index contributed by atoms with van der Waals surface area (Å²) in [5.74, 6) is 0.257. The Labute approximate surface area is 231 Å². The van der Waals surface area contributed by atoms with Gasteiger partial charge in [0.1, 0.15) is 22.9 Å². The Kier molecular flexibility index (Phi) is 6.93. The molecule has 0 bridgehead atoms. The summed E-state index contributed by atoms with van der Waals surface area (Å²) in [5, 5.41) is 4.04. The molecular formula is C29H33F2N9. The van der Waals surface area contributed by atoms with Crippen molar-refractivity contribution in [1.82, 2.24) is 39.3 Å². The first-order chi connectivity index (χ1) is 19.3. The number of aryl methyl sites for hydroxylation is 1. The van der Waals surface area contributed by atoms with Crippen LogP contribution in [0, 0.1) is 18.6 Å². The summed E-state index contributed by atoms with van der Waals surface area (Å²) in [5.41, 5.74) is 3.26. The maximum absolute atomic E-state index is 15.1. The van der Waals surface area contributed by atoms with Gasteiger partial charge in [0, 0.05) is 67.7 Å². The molecule has 1 aliphatic rings. The van der Waals surface area contributed by atoms with Crippen molar-refractivity contribution in [3.63, 3.8) is 0 Å². The number of H-pyrrole nitrogens is 1. The Morgan fingerprint density at radius 3 is 2.52 bits per heavy atom. The van der Waals surface area contributed by atoms with Gasteiger partial charge in [0.05, 0.1) is 17.2 Å². The monoisotopic (exact) mass is 545 g/mol. The van der Waals surface area contributed by atoms with Crippen LogP contribution in [-0.2, 0) is 6.54 Å². The van der Waals surface area contributed by atoms with E-state index in [0.29, 0.717) is 22.7 Å². The Hall–Kier alpha value is -3.96. The number of pyridine rings is 1. The van der Waals surface area contributed by atoms with Gasteiger partial charge in [-0.25, -0.2) is 28.7 Å². The smallest absolute Gasteiger partial charge is 0.229 e. The number of halogens is 2. The number of aromatic amines is 1. The summed E-state index contributed by atoms with van der Waals surface area (Å²) in [4.78, 5) is 25.9. The number of hydrogen-bond acceptors (Lipinski definition) is 7. The van der Waals surface area contributed by atoms with Crippen LogP contribution in [0.5, 0.6) is 0 Å². The number of rotatable bonds is 7. The van der Waals surface area contributed by atoms with Crippen molar-refractivity contribution in [1.29, 1.82) is 0 Å². The van der Waals surface area contributed by atoms with Gasteiger partial charge in [0.15, 0.2) is 11.6 Å². The molecule has 0 atom stereocenters. The summed E-state index contributed by atoms with van der Waals surface area (Å²) in [7, 11) is 0. The van der Waals surface area contributed by atoms with Gasteiger partial charge in [-0.3, -0.25) is 4.90 Å². The predicted molar refractivity (Wildman–Crippen MR) is 153 cm³/mol. The fraction of sp³-hybridized carbons (Fsp3) is 0.379. The highest BCUT2D eigenvalue weighted by Crippen LogP contribution is 2.31. The van der Waals surface area contributed by atoms with E-state index in [4.69, 9.17) is 0 Å². The largest absolute Gasteiger partial charge is 0.361 e. The van der Waals surface area contributed by atoms with Gasteiger partial charge in [-0.15, -0.1) is 0 Å². The van der Waals surface area contributed by atoms with Crippen LogP contribution in [0.3, 0.4) is 0 Å². The van der Waals surface area contributed by atoms with Crippen molar-refractivity contribution in [3.05, 3.63) is 59.8 Å². The molecule has 0 saturated carbocycles. The second-order valence-corrected chi connectivity index (χ2v) is 10.6. The Morgan fingerprint density at radius 2 is 1.77 bits per heavy atom. The average Bonchev–Trinajstić information content (AvgIpc) is 3.57. The average molecular weight is 546 g/mol. The molecule has 0 spiro atoms. The maximum atomic E-state index is 15.1. The second-order valence-electron chi connectivity index (χ2n) is 10.6. The molecule has 6 rings (SSSR count). The molecular weight excluding hydrogens is 512 g/mol. The molecule has 1 aliphatic heterocycles. The van der Waals surface area contributed by atoms with Crippen LogP contribution in [0.1, 0.15) is 38.2 Å². The van der Waals surface area contributed by atoms with Crippen LogP contribution in [0.25, 0.3) is 33.2 Å². The highest BCUT2D eigenvalue weighted by atomic mass is 19.1. The van der Waals surface area contributed by atoms with Crippen LogP contribution in [0.15, 0.2) is 36.8 Å². The van der Waals surface area contributed by atoms with Crippen molar-refractivity contribution in [3.8, 4) is 11.3 Å².